The molecule has 10 heteroatoms. The Balaban J connectivity index is 1.31. The van der Waals surface area contributed by atoms with Gasteiger partial charge in [-0.25, -0.2) is 8.42 Å². The highest BCUT2D eigenvalue weighted by molar-refractivity contribution is 7.92. The van der Waals surface area contributed by atoms with Gasteiger partial charge in [-0.15, -0.1) is 0 Å². The number of phenolic OH excluding ortho intramolecular Hbond substituents is 1. The predicted octanol–water partition coefficient (Wildman–Crippen LogP) is 7.28. The number of aromatic hydroxyl groups is 1. The molecule has 6 nitrogen and oxygen atoms in total. The second-order valence-corrected chi connectivity index (χ2v) is 10.6. The molecule has 5 aromatic rings. The number of hydrogen-bond donors (Lipinski definition) is 3. The highest BCUT2D eigenvalue weighted by Crippen LogP contribution is 2.32. The number of nitrogens with one attached hydrogen (secondary N) is 2. The first kappa shape index (κ1) is 26.8. The maximum atomic E-state index is 13.0. The maximum Gasteiger partial charge on any atom is 0.416 e. The van der Waals surface area contributed by atoms with Crippen molar-refractivity contribution < 1.29 is 31.5 Å². The molecule has 0 aromatic heterocycles. The van der Waals surface area contributed by atoms with Crippen molar-refractivity contribution in [3.05, 3.63) is 120 Å². The van der Waals surface area contributed by atoms with Crippen molar-refractivity contribution in [2.75, 3.05) is 10.0 Å². The number of alkyl halides is 3. The summed E-state index contributed by atoms with van der Waals surface area (Å²) < 4.78 is 66.8. The lowest BCUT2D eigenvalue weighted by Crippen LogP contribution is -2.14. The summed E-state index contributed by atoms with van der Waals surface area (Å²) in [5.41, 5.74) is 0.804. The minimum atomic E-state index is -4.43. The molecule has 0 saturated carbocycles. The molecule has 5 aromatic carbocycles. The smallest absolute Gasteiger partial charge is 0.416 e. The number of amides is 1. The number of hydrogen-bond acceptors (Lipinski definition) is 4. The van der Waals surface area contributed by atoms with E-state index in [9.17, 15) is 31.5 Å². The predicted molar refractivity (Wildman–Crippen MR) is 148 cm³/mol. The summed E-state index contributed by atoms with van der Waals surface area (Å²) in [4.78, 5) is 12.8. The summed E-state index contributed by atoms with van der Waals surface area (Å²) in [6.07, 6.45) is -4.43. The minimum absolute atomic E-state index is 0.00757. The zero-order valence-corrected chi connectivity index (χ0v) is 21.4. The van der Waals surface area contributed by atoms with Gasteiger partial charge in [0.2, 0.25) is 0 Å². The molecule has 0 aliphatic heterocycles. The third-order valence-corrected chi connectivity index (χ3v) is 7.59. The van der Waals surface area contributed by atoms with Gasteiger partial charge in [0.1, 0.15) is 5.75 Å². The lowest BCUT2D eigenvalue weighted by molar-refractivity contribution is -0.137. The highest BCUT2D eigenvalue weighted by atomic mass is 32.2. The normalized spacial score (nSPS) is 11.8. The van der Waals surface area contributed by atoms with E-state index in [1.807, 2.05) is 12.1 Å². The molecule has 1 amide bonds. The number of carbonyl (C=O) groups excluding carboxylic acids is 1. The first-order valence-corrected chi connectivity index (χ1v) is 13.4. The Hall–Kier alpha value is -4.83. The topological polar surface area (TPSA) is 95.5 Å². The van der Waals surface area contributed by atoms with E-state index in [4.69, 9.17) is 0 Å². The van der Waals surface area contributed by atoms with Crippen LogP contribution in [0.2, 0.25) is 0 Å². The Labute approximate surface area is 227 Å². The third-order valence-electron chi connectivity index (χ3n) is 6.22. The molecule has 0 heterocycles. The molecule has 0 spiro atoms. The van der Waals surface area contributed by atoms with Gasteiger partial charge in [-0.3, -0.25) is 9.52 Å². The first-order chi connectivity index (χ1) is 19.0. The fourth-order valence-corrected chi connectivity index (χ4v) is 5.20. The number of benzene rings is 5. The molecule has 0 unspecified atom stereocenters. The van der Waals surface area contributed by atoms with Crippen LogP contribution in [0.25, 0.3) is 21.9 Å². The Morgan fingerprint density at radius 1 is 0.725 bits per heavy atom. The van der Waals surface area contributed by atoms with E-state index in [-0.39, 0.29) is 27.6 Å². The van der Waals surface area contributed by atoms with Gasteiger partial charge in [0.05, 0.1) is 16.1 Å². The van der Waals surface area contributed by atoms with Crippen molar-refractivity contribution in [1.82, 2.24) is 0 Å². The van der Waals surface area contributed by atoms with Crippen molar-refractivity contribution in [1.29, 1.82) is 0 Å². The van der Waals surface area contributed by atoms with Crippen molar-refractivity contribution in [2.24, 2.45) is 0 Å². The summed E-state index contributed by atoms with van der Waals surface area (Å²) in [5.74, 6) is -0.837. The summed E-state index contributed by atoms with van der Waals surface area (Å²) in [6.45, 7) is 0. The Bertz CT molecular complexity index is 1820. The minimum Gasteiger partial charge on any atom is -0.506 e. The lowest BCUT2D eigenvalue weighted by atomic mass is 10.0. The van der Waals surface area contributed by atoms with E-state index in [2.05, 4.69) is 10.0 Å². The van der Waals surface area contributed by atoms with Crippen LogP contribution in [0.3, 0.4) is 0 Å². The van der Waals surface area contributed by atoms with E-state index in [0.717, 1.165) is 22.9 Å². The number of sulfonamides is 1. The second-order valence-electron chi connectivity index (χ2n) is 8.95. The van der Waals surface area contributed by atoms with E-state index in [1.54, 1.807) is 30.3 Å². The van der Waals surface area contributed by atoms with Gasteiger partial charge >= 0.3 is 6.18 Å². The van der Waals surface area contributed by atoms with Crippen molar-refractivity contribution in [3.63, 3.8) is 0 Å². The molecule has 0 radical (unpaired) electrons. The summed E-state index contributed by atoms with van der Waals surface area (Å²) in [5, 5.41) is 14.5. The van der Waals surface area contributed by atoms with Gasteiger partial charge in [-0.2, -0.15) is 13.2 Å². The molecule has 0 saturated heterocycles. The molecule has 0 aliphatic rings. The van der Waals surface area contributed by atoms with Gasteiger partial charge in [-0.1, -0.05) is 54.6 Å². The van der Waals surface area contributed by atoms with E-state index in [1.165, 1.54) is 54.6 Å². The molecule has 0 atom stereocenters. The molecule has 40 heavy (non-hydrogen) atoms. The van der Waals surface area contributed by atoms with Gasteiger partial charge in [-0.05, 0) is 76.5 Å². The Morgan fingerprint density at radius 3 is 2.00 bits per heavy atom. The van der Waals surface area contributed by atoms with Gasteiger partial charge in [0.25, 0.3) is 15.9 Å². The third kappa shape index (κ3) is 5.76. The van der Waals surface area contributed by atoms with Gasteiger partial charge < -0.3 is 10.4 Å². The van der Waals surface area contributed by atoms with Crippen LogP contribution in [0.5, 0.6) is 5.75 Å². The van der Waals surface area contributed by atoms with E-state index >= 15 is 0 Å². The fraction of sp³-hybridized carbons (Fsp3) is 0.0333. The number of carbonyl (C=O) groups is 1. The highest BCUT2D eigenvalue weighted by Gasteiger charge is 2.30. The van der Waals surface area contributed by atoms with Crippen LogP contribution >= 0.6 is 0 Å². The van der Waals surface area contributed by atoms with Gasteiger partial charge in [0, 0.05) is 11.3 Å². The summed E-state index contributed by atoms with van der Waals surface area (Å²) in [7, 11) is -4.05. The maximum absolute atomic E-state index is 13.0. The average Bonchev–Trinajstić information content (AvgIpc) is 2.94. The van der Waals surface area contributed by atoms with Crippen LogP contribution in [0.1, 0.15) is 15.9 Å². The van der Waals surface area contributed by atoms with E-state index in [0.29, 0.717) is 11.1 Å². The molecule has 3 N–H and O–H groups in total. The van der Waals surface area contributed by atoms with Crippen LogP contribution in [-0.4, -0.2) is 19.4 Å². The molecule has 0 bridgehead atoms. The van der Waals surface area contributed by atoms with Crippen molar-refractivity contribution >= 4 is 38.1 Å². The van der Waals surface area contributed by atoms with Crippen LogP contribution in [0, 0.1) is 0 Å². The number of fused-ring (bicyclic) bond motifs is 1. The summed E-state index contributed by atoms with van der Waals surface area (Å²) >= 11 is 0. The molecular weight excluding hydrogens is 541 g/mol. The number of anilines is 2. The largest absolute Gasteiger partial charge is 0.506 e. The van der Waals surface area contributed by atoms with Crippen molar-refractivity contribution in [3.8, 4) is 16.9 Å². The number of phenols is 1. The zero-order valence-electron chi connectivity index (χ0n) is 20.6. The number of halogens is 3. The molecular formula is C30H21F3N2O4S. The number of rotatable bonds is 6. The molecule has 202 valence electrons. The van der Waals surface area contributed by atoms with Crippen LogP contribution in [0.4, 0.5) is 24.5 Å². The zero-order chi connectivity index (χ0) is 28.5. The van der Waals surface area contributed by atoms with E-state index < -0.39 is 27.7 Å². The second kappa shape index (κ2) is 10.4. The first-order valence-electron chi connectivity index (χ1n) is 11.9. The van der Waals surface area contributed by atoms with Crippen LogP contribution in [0.15, 0.2) is 114 Å². The molecule has 0 fully saturated rings. The average molecular weight is 563 g/mol. The fourth-order valence-electron chi connectivity index (χ4n) is 4.10. The van der Waals surface area contributed by atoms with Crippen molar-refractivity contribution in [2.45, 2.75) is 11.1 Å². The molecule has 5 rings (SSSR count). The van der Waals surface area contributed by atoms with Gasteiger partial charge in [0.15, 0.2) is 0 Å². The summed E-state index contributed by atoms with van der Waals surface area (Å²) in [6, 6.07) is 26.9. The standard InChI is InChI=1S/C30H21F3N2O4S/c31-30(32,33)24-12-9-21(10-13-24)20-5-7-22(8-6-20)29(37)34-25-14-16-28(36)27(18-25)35-40(38,39)26-15-11-19-3-1-2-4-23(19)17-26/h1-18,35-36H,(H,34,37). The molecule has 0 aliphatic carbocycles. The SMILES string of the molecule is O=C(Nc1ccc(O)c(NS(=O)(=O)c2ccc3ccccc3c2)c1)c1ccc(-c2ccc(C(F)(F)F)cc2)cc1. The Kier molecular flexibility index (Phi) is 6.95. The van der Waals surface area contributed by atoms with Crippen LogP contribution < -0.4 is 10.0 Å². The monoisotopic (exact) mass is 562 g/mol. The quantitative estimate of drug-likeness (QED) is 0.150. The Morgan fingerprint density at radius 2 is 1.35 bits per heavy atom. The lowest BCUT2D eigenvalue weighted by Gasteiger charge is -2.13. The van der Waals surface area contributed by atoms with Crippen LogP contribution in [-0.2, 0) is 16.2 Å².